The Labute approximate surface area is 229 Å². The molecule has 36 heavy (non-hydrogen) atoms. The Bertz CT molecular complexity index is 693. The average Bonchev–Trinajstić information content (AvgIpc) is 3.32. The zero-order valence-corrected chi connectivity index (χ0v) is 23.6. The molecular formula is C21H35N5O6S4. The van der Waals surface area contributed by atoms with Crippen LogP contribution in [0.25, 0.3) is 0 Å². The molecule has 3 atom stereocenters. The van der Waals surface area contributed by atoms with E-state index in [2.05, 4.69) is 18.3 Å². The van der Waals surface area contributed by atoms with E-state index >= 15 is 0 Å². The van der Waals surface area contributed by atoms with Gasteiger partial charge in [0.15, 0.2) is 0 Å². The minimum absolute atomic E-state index is 0.0276. The largest absolute Gasteiger partial charge is 0.339 e. The third-order valence-electron chi connectivity index (χ3n) is 6.11. The Balaban J connectivity index is 2.29. The maximum absolute atomic E-state index is 12.7. The van der Waals surface area contributed by atoms with Crippen LogP contribution in [0.3, 0.4) is 0 Å². The summed E-state index contributed by atoms with van der Waals surface area (Å²) in [6.45, 7) is 0.686. The fraction of sp³-hybridized carbons (Fsp3) is 0.905. The molecule has 0 N–H and O–H groups in total. The maximum Gasteiger partial charge on any atom is 0.222 e. The molecule has 0 aliphatic carbocycles. The van der Waals surface area contributed by atoms with Gasteiger partial charge in [0, 0.05) is 120 Å². The van der Waals surface area contributed by atoms with Gasteiger partial charge in [0.05, 0.1) is 0 Å². The standard InChI is InChI=1S/C21H35N5O6S4/c27-18(7-1-2-8-19(35-24-31)11-14-33-22-29)16-17-6-5-13-26(17)21(28)10-4-3-9-20(36-25-32)12-15-34-23-30/h17,19-20H,1-16H2. The maximum atomic E-state index is 12.7. The number of hydrogen-bond acceptors (Lipinski definition) is 14. The number of hydrogen-bond donors (Lipinski definition) is 0. The monoisotopic (exact) mass is 581 g/mol. The molecule has 11 nitrogen and oxygen atoms in total. The molecule has 15 heteroatoms. The van der Waals surface area contributed by atoms with Crippen molar-refractivity contribution >= 4 is 59.5 Å². The summed E-state index contributed by atoms with van der Waals surface area (Å²) in [6, 6.07) is -0.0316. The van der Waals surface area contributed by atoms with E-state index in [1.807, 2.05) is 4.90 Å². The lowest BCUT2D eigenvalue weighted by Crippen LogP contribution is -2.36. The van der Waals surface area contributed by atoms with E-state index in [9.17, 15) is 29.2 Å². The second-order valence-corrected chi connectivity index (χ2v) is 12.3. The van der Waals surface area contributed by atoms with E-state index in [1.165, 1.54) is 0 Å². The second kappa shape index (κ2) is 22.0. The van der Waals surface area contributed by atoms with Gasteiger partial charge in [-0.15, -0.1) is 19.6 Å². The third kappa shape index (κ3) is 15.3. The van der Waals surface area contributed by atoms with E-state index in [4.69, 9.17) is 0 Å². The van der Waals surface area contributed by atoms with Gasteiger partial charge in [0.1, 0.15) is 5.78 Å². The van der Waals surface area contributed by atoms with Crippen LogP contribution < -0.4 is 0 Å². The number of ketones is 1. The highest BCUT2D eigenvalue weighted by molar-refractivity contribution is 7.99. The van der Waals surface area contributed by atoms with Gasteiger partial charge in [-0.25, -0.2) is 0 Å². The lowest BCUT2D eigenvalue weighted by molar-refractivity contribution is -0.133. The summed E-state index contributed by atoms with van der Waals surface area (Å²) in [4.78, 5) is 68.6. The number of likely N-dealkylation sites (tertiary alicyclic amines) is 1. The Kier molecular flexibility index (Phi) is 20.1. The number of unbranched alkanes of at least 4 members (excludes halogenated alkanes) is 2. The normalized spacial score (nSPS) is 16.9. The van der Waals surface area contributed by atoms with Crippen molar-refractivity contribution in [2.75, 3.05) is 18.1 Å². The number of amides is 1. The molecule has 1 aliphatic heterocycles. The third-order valence-corrected chi connectivity index (χ3v) is 8.87. The van der Waals surface area contributed by atoms with Gasteiger partial charge in [0.25, 0.3) is 0 Å². The minimum atomic E-state index is -0.0316. The predicted molar refractivity (Wildman–Crippen MR) is 151 cm³/mol. The van der Waals surface area contributed by atoms with Crippen molar-refractivity contribution < 1.29 is 9.59 Å². The molecule has 3 unspecified atom stereocenters. The van der Waals surface area contributed by atoms with Crippen molar-refractivity contribution in [3.05, 3.63) is 19.6 Å². The molecule has 1 saturated heterocycles. The molecule has 1 rings (SSSR count). The van der Waals surface area contributed by atoms with Crippen molar-refractivity contribution in [1.29, 1.82) is 0 Å². The van der Waals surface area contributed by atoms with Crippen molar-refractivity contribution in [2.24, 2.45) is 18.3 Å². The highest BCUT2D eigenvalue weighted by Crippen LogP contribution is 2.27. The van der Waals surface area contributed by atoms with Crippen LogP contribution in [0, 0.1) is 19.6 Å². The molecule has 0 spiro atoms. The van der Waals surface area contributed by atoms with Gasteiger partial charge >= 0.3 is 0 Å². The smallest absolute Gasteiger partial charge is 0.222 e. The van der Waals surface area contributed by atoms with Gasteiger partial charge in [-0.2, -0.15) is 0 Å². The van der Waals surface area contributed by atoms with Gasteiger partial charge < -0.3 is 4.90 Å². The number of nitrogens with zero attached hydrogens (tertiary/aromatic N) is 5. The number of carbonyl (C=O) groups excluding carboxylic acids is 2. The first-order chi connectivity index (χ1) is 17.5. The van der Waals surface area contributed by atoms with Gasteiger partial charge in [-0.1, -0.05) is 12.8 Å². The molecule has 1 aliphatic rings. The first kappa shape index (κ1) is 33.0. The van der Waals surface area contributed by atoms with Crippen molar-refractivity contribution in [3.8, 4) is 0 Å². The number of carbonyl (C=O) groups is 2. The predicted octanol–water partition coefficient (Wildman–Crippen LogP) is 7.23. The summed E-state index contributed by atoms with van der Waals surface area (Å²) in [7, 11) is 0. The van der Waals surface area contributed by atoms with E-state index < -0.39 is 0 Å². The molecule has 0 aromatic rings. The summed E-state index contributed by atoms with van der Waals surface area (Å²) in [5.41, 5.74) is 0. The summed E-state index contributed by atoms with van der Waals surface area (Å²) in [6.07, 6.45) is 8.88. The van der Waals surface area contributed by atoms with E-state index in [1.54, 1.807) is 0 Å². The van der Waals surface area contributed by atoms with Crippen LogP contribution in [0.15, 0.2) is 18.3 Å². The zero-order valence-electron chi connectivity index (χ0n) is 20.4. The first-order valence-electron chi connectivity index (χ1n) is 12.2. The number of rotatable bonds is 24. The Morgan fingerprint density at radius 3 is 1.83 bits per heavy atom. The van der Waals surface area contributed by atoms with Crippen LogP contribution in [0.5, 0.6) is 0 Å². The topological polar surface area (TPSA) is 155 Å². The quantitative estimate of drug-likeness (QED) is 0.0647. The van der Waals surface area contributed by atoms with Crippen LogP contribution in [0.4, 0.5) is 0 Å². The van der Waals surface area contributed by atoms with Crippen LogP contribution in [-0.2, 0) is 9.59 Å². The fourth-order valence-electron chi connectivity index (χ4n) is 4.29. The Hall–Kier alpha value is -1.06. The zero-order chi connectivity index (χ0) is 26.4. The molecule has 0 saturated carbocycles. The number of nitroso groups, excluding NO2 is 4. The molecular weight excluding hydrogens is 547 g/mol. The first-order valence-corrected chi connectivity index (χ1v) is 15.8. The Morgan fingerprint density at radius 2 is 1.31 bits per heavy atom. The molecule has 0 aromatic carbocycles. The molecule has 0 aromatic heterocycles. The fourth-order valence-corrected chi connectivity index (χ4v) is 6.75. The summed E-state index contributed by atoms with van der Waals surface area (Å²) < 4.78 is 11.3. The van der Waals surface area contributed by atoms with Crippen molar-refractivity contribution in [1.82, 2.24) is 4.90 Å². The average molecular weight is 582 g/mol. The van der Waals surface area contributed by atoms with E-state index in [0.29, 0.717) is 56.6 Å². The van der Waals surface area contributed by atoms with Crippen LogP contribution in [0.1, 0.15) is 83.5 Å². The highest BCUT2D eigenvalue weighted by Gasteiger charge is 2.29. The van der Waals surface area contributed by atoms with Crippen LogP contribution in [-0.4, -0.2) is 51.2 Å². The molecule has 204 valence electrons. The van der Waals surface area contributed by atoms with Gasteiger partial charge in [-0.05, 0) is 51.4 Å². The van der Waals surface area contributed by atoms with E-state index in [0.717, 1.165) is 92.7 Å². The lowest BCUT2D eigenvalue weighted by Gasteiger charge is -2.24. The SMILES string of the molecule is O=NSCCC(CCCCC(=O)CC1CCCN1C(=O)CCCCC(CCSN=O)SN=O)SN=O. The van der Waals surface area contributed by atoms with Crippen molar-refractivity contribution in [2.45, 2.75) is 100 Å². The number of Topliss-reactive ketones (excluding diaryl/α,β-unsaturated/α-hetero) is 1. The molecule has 1 fully saturated rings. The highest BCUT2D eigenvalue weighted by atomic mass is 32.2. The van der Waals surface area contributed by atoms with Gasteiger partial charge in [-0.3, -0.25) is 9.59 Å². The van der Waals surface area contributed by atoms with E-state index in [-0.39, 0.29) is 28.2 Å². The van der Waals surface area contributed by atoms with Crippen molar-refractivity contribution in [3.63, 3.8) is 0 Å². The summed E-state index contributed by atoms with van der Waals surface area (Å²) in [5, 5.41) is 0.0606. The minimum Gasteiger partial charge on any atom is -0.339 e. The summed E-state index contributed by atoms with van der Waals surface area (Å²) in [5.74, 6) is 1.33. The molecule has 0 radical (unpaired) electrons. The van der Waals surface area contributed by atoms with Crippen LogP contribution in [0.2, 0.25) is 0 Å². The Morgan fingerprint density at radius 1 is 0.750 bits per heavy atom. The van der Waals surface area contributed by atoms with Crippen LogP contribution >= 0.6 is 47.8 Å². The second-order valence-electron chi connectivity index (χ2n) is 8.61. The lowest BCUT2D eigenvalue weighted by atomic mass is 10.0. The molecule has 1 heterocycles. The summed E-state index contributed by atoms with van der Waals surface area (Å²) >= 11 is 3.83. The van der Waals surface area contributed by atoms with Gasteiger partial charge in [0.2, 0.25) is 5.91 Å². The molecule has 0 bridgehead atoms. The molecule has 1 amide bonds.